The summed E-state index contributed by atoms with van der Waals surface area (Å²) in [5.41, 5.74) is 4.79. The number of ketones is 1. The minimum atomic E-state index is -0.763. The van der Waals surface area contributed by atoms with Crippen molar-refractivity contribution in [3.05, 3.63) is 94.6 Å². The summed E-state index contributed by atoms with van der Waals surface area (Å²) in [6.45, 7) is 14.5. The Morgan fingerprint density at radius 3 is 2.26 bits per heavy atom. The number of benzene rings is 3. The molecule has 1 unspecified atom stereocenters. The summed E-state index contributed by atoms with van der Waals surface area (Å²) in [5.74, 6) is -0.453. The molecule has 0 spiro atoms. The number of hydrogen-bond donors (Lipinski definition) is 1. The highest BCUT2D eigenvalue weighted by molar-refractivity contribution is 6.51. The van der Waals surface area contributed by atoms with Crippen molar-refractivity contribution in [2.24, 2.45) is 5.92 Å². The van der Waals surface area contributed by atoms with E-state index in [0.29, 0.717) is 23.8 Å². The summed E-state index contributed by atoms with van der Waals surface area (Å²) in [5, 5.41) is 11.5. The standard InChI is InChI=1S/C33H38N2O4/c1-7-34(8-2)26-13-15-27(16-14-26)35-30(24-11-9-10-22(5)18-24)29(32(37)33(35)38)31(36)25-12-17-28(23(6)19-25)39-20-21(3)4/h9-19,21,30,36H,7-8,20H2,1-6H3/b31-29-. The fraction of sp³-hybridized carbons (Fsp3) is 0.333. The van der Waals surface area contributed by atoms with Gasteiger partial charge in [0.15, 0.2) is 0 Å². The van der Waals surface area contributed by atoms with Crippen LogP contribution in [0.4, 0.5) is 11.4 Å². The fourth-order valence-electron chi connectivity index (χ4n) is 5.04. The van der Waals surface area contributed by atoms with Gasteiger partial charge in [0.05, 0.1) is 18.2 Å². The van der Waals surface area contributed by atoms with E-state index in [0.717, 1.165) is 41.2 Å². The molecule has 0 radical (unpaired) electrons. The van der Waals surface area contributed by atoms with Gasteiger partial charge in [0, 0.05) is 30.0 Å². The first-order valence-corrected chi connectivity index (χ1v) is 13.6. The smallest absolute Gasteiger partial charge is 0.300 e. The third kappa shape index (κ3) is 5.70. The summed E-state index contributed by atoms with van der Waals surface area (Å²) in [6, 6.07) is 20.0. The van der Waals surface area contributed by atoms with Gasteiger partial charge >= 0.3 is 0 Å². The molecule has 3 aromatic rings. The van der Waals surface area contributed by atoms with E-state index in [1.807, 2.05) is 62.4 Å². The maximum Gasteiger partial charge on any atom is 0.300 e. The lowest BCUT2D eigenvalue weighted by Gasteiger charge is -2.27. The molecule has 1 aliphatic rings. The molecular weight excluding hydrogens is 488 g/mol. The number of aliphatic hydroxyl groups is 1. The minimum absolute atomic E-state index is 0.0775. The Balaban J connectivity index is 1.82. The maximum absolute atomic E-state index is 13.5. The van der Waals surface area contributed by atoms with E-state index in [9.17, 15) is 14.7 Å². The molecule has 39 heavy (non-hydrogen) atoms. The predicted molar refractivity (Wildman–Crippen MR) is 157 cm³/mol. The quantitative estimate of drug-likeness (QED) is 0.188. The molecule has 1 aliphatic heterocycles. The van der Waals surface area contributed by atoms with E-state index in [2.05, 4.69) is 32.6 Å². The van der Waals surface area contributed by atoms with Crippen molar-refractivity contribution >= 4 is 28.8 Å². The van der Waals surface area contributed by atoms with E-state index < -0.39 is 17.7 Å². The summed E-state index contributed by atoms with van der Waals surface area (Å²) >= 11 is 0. The maximum atomic E-state index is 13.5. The first kappa shape index (κ1) is 28.0. The van der Waals surface area contributed by atoms with Crippen molar-refractivity contribution in [1.82, 2.24) is 0 Å². The molecule has 6 nitrogen and oxygen atoms in total. The number of rotatable bonds is 9. The van der Waals surface area contributed by atoms with E-state index in [1.165, 1.54) is 4.90 Å². The van der Waals surface area contributed by atoms with Crippen LogP contribution < -0.4 is 14.5 Å². The highest BCUT2D eigenvalue weighted by atomic mass is 16.5. The number of anilines is 2. The van der Waals surface area contributed by atoms with Gasteiger partial charge in [-0.05, 0) is 87.2 Å². The molecule has 6 heteroatoms. The number of hydrogen-bond acceptors (Lipinski definition) is 5. The molecule has 1 fully saturated rings. The van der Waals surface area contributed by atoms with Crippen molar-refractivity contribution in [3.8, 4) is 5.75 Å². The van der Waals surface area contributed by atoms with Crippen LogP contribution >= 0.6 is 0 Å². The molecule has 1 atom stereocenters. The Morgan fingerprint density at radius 2 is 1.67 bits per heavy atom. The monoisotopic (exact) mass is 526 g/mol. The first-order valence-electron chi connectivity index (χ1n) is 13.6. The number of amides is 1. The number of ether oxygens (including phenoxy) is 1. The van der Waals surface area contributed by atoms with E-state index in [-0.39, 0.29) is 11.3 Å². The third-order valence-electron chi connectivity index (χ3n) is 7.08. The van der Waals surface area contributed by atoms with Crippen LogP contribution in [0.15, 0.2) is 72.3 Å². The van der Waals surface area contributed by atoms with Gasteiger partial charge in [-0.3, -0.25) is 14.5 Å². The zero-order valence-electron chi connectivity index (χ0n) is 23.7. The van der Waals surface area contributed by atoms with Crippen LogP contribution in [0.5, 0.6) is 5.75 Å². The highest BCUT2D eigenvalue weighted by Gasteiger charge is 2.47. The van der Waals surface area contributed by atoms with Gasteiger partial charge in [0.1, 0.15) is 11.5 Å². The number of carbonyl (C=O) groups is 2. The second-order valence-electron chi connectivity index (χ2n) is 10.5. The lowest BCUT2D eigenvalue weighted by atomic mass is 9.94. The average Bonchev–Trinajstić information content (AvgIpc) is 3.18. The second kappa shape index (κ2) is 11.8. The Bertz CT molecular complexity index is 1390. The number of nitrogens with zero attached hydrogens (tertiary/aromatic N) is 2. The molecule has 0 bridgehead atoms. The van der Waals surface area contributed by atoms with Crippen LogP contribution in [-0.4, -0.2) is 36.5 Å². The molecule has 204 valence electrons. The molecule has 0 aromatic heterocycles. The second-order valence-corrected chi connectivity index (χ2v) is 10.5. The van der Waals surface area contributed by atoms with Crippen LogP contribution in [-0.2, 0) is 9.59 Å². The summed E-state index contributed by atoms with van der Waals surface area (Å²) in [7, 11) is 0. The summed E-state index contributed by atoms with van der Waals surface area (Å²) in [6.07, 6.45) is 0. The number of Topliss-reactive ketones (excluding diaryl/α,β-unsaturated/α-hetero) is 1. The number of carbonyl (C=O) groups excluding carboxylic acids is 2. The average molecular weight is 527 g/mol. The van der Waals surface area contributed by atoms with Gasteiger partial charge in [-0.1, -0.05) is 43.7 Å². The predicted octanol–water partition coefficient (Wildman–Crippen LogP) is 6.81. The molecule has 4 rings (SSSR count). The Hall–Kier alpha value is -4.06. The van der Waals surface area contributed by atoms with Crippen LogP contribution in [0.25, 0.3) is 5.76 Å². The molecular formula is C33H38N2O4. The van der Waals surface area contributed by atoms with Gasteiger partial charge in [-0.15, -0.1) is 0 Å². The SMILES string of the molecule is CCN(CC)c1ccc(N2C(=O)C(=O)/C(=C(\O)c3ccc(OCC(C)C)c(C)c3)C2c2cccc(C)c2)cc1. The fourth-order valence-corrected chi connectivity index (χ4v) is 5.04. The van der Waals surface area contributed by atoms with Crippen LogP contribution in [0.1, 0.15) is 56.0 Å². The highest BCUT2D eigenvalue weighted by Crippen LogP contribution is 2.43. The van der Waals surface area contributed by atoms with Gasteiger partial charge < -0.3 is 14.7 Å². The third-order valence-corrected chi connectivity index (χ3v) is 7.08. The molecule has 3 aromatic carbocycles. The molecule has 1 amide bonds. The Labute approximate surface area is 231 Å². The number of aryl methyl sites for hydroxylation is 2. The van der Waals surface area contributed by atoms with Crippen molar-refractivity contribution in [3.63, 3.8) is 0 Å². The van der Waals surface area contributed by atoms with Crippen LogP contribution in [0.3, 0.4) is 0 Å². The molecule has 1 saturated heterocycles. The molecule has 0 aliphatic carbocycles. The normalized spacial score (nSPS) is 16.7. The van der Waals surface area contributed by atoms with E-state index >= 15 is 0 Å². The molecule has 1 N–H and O–H groups in total. The van der Waals surface area contributed by atoms with Crippen LogP contribution in [0, 0.1) is 19.8 Å². The van der Waals surface area contributed by atoms with Gasteiger partial charge in [0.25, 0.3) is 11.7 Å². The van der Waals surface area contributed by atoms with E-state index in [4.69, 9.17) is 4.74 Å². The largest absolute Gasteiger partial charge is 0.507 e. The lowest BCUT2D eigenvalue weighted by molar-refractivity contribution is -0.132. The topological polar surface area (TPSA) is 70.1 Å². The van der Waals surface area contributed by atoms with E-state index in [1.54, 1.807) is 18.2 Å². The molecule has 0 saturated carbocycles. The lowest BCUT2D eigenvalue weighted by Crippen LogP contribution is -2.29. The zero-order chi connectivity index (χ0) is 28.3. The van der Waals surface area contributed by atoms with Crippen molar-refractivity contribution in [1.29, 1.82) is 0 Å². The number of aliphatic hydroxyl groups excluding tert-OH is 1. The Morgan fingerprint density at radius 1 is 0.974 bits per heavy atom. The minimum Gasteiger partial charge on any atom is -0.507 e. The first-order chi connectivity index (χ1) is 18.7. The zero-order valence-corrected chi connectivity index (χ0v) is 23.7. The van der Waals surface area contributed by atoms with Gasteiger partial charge in [-0.25, -0.2) is 0 Å². The Kier molecular flexibility index (Phi) is 8.44. The van der Waals surface area contributed by atoms with Crippen molar-refractivity contribution in [2.45, 2.75) is 47.6 Å². The van der Waals surface area contributed by atoms with Gasteiger partial charge in [-0.2, -0.15) is 0 Å². The molecule has 1 heterocycles. The van der Waals surface area contributed by atoms with Crippen molar-refractivity contribution in [2.75, 3.05) is 29.5 Å². The van der Waals surface area contributed by atoms with Crippen molar-refractivity contribution < 1.29 is 19.4 Å². The summed E-state index contributed by atoms with van der Waals surface area (Å²) < 4.78 is 5.89. The van der Waals surface area contributed by atoms with Gasteiger partial charge in [0.2, 0.25) is 0 Å². The summed E-state index contributed by atoms with van der Waals surface area (Å²) in [4.78, 5) is 30.8. The van der Waals surface area contributed by atoms with Crippen LogP contribution in [0.2, 0.25) is 0 Å².